The summed E-state index contributed by atoms with van der Waals surface area (Å²) in [6, 6.07) is 21.6. The van der Waals surface area contributed by atoms with E-state index in [4.69, 9.17) is 14.2 Å². The maximum atomic E-state index is 14.6. The van der Waals surface area contributed by atoms with Gasteiger partial charge in [-0.05, 0) is 26.8 Å². The molecule has 3 rings (SSSR count). The largest absolute Gasteiger partial charge is 0.493 e. The first-order chi connectivity index (χ1) is 15.1. The van der Waals surface area contributed by atoms with Crippen LogP contribution in [0.25, 0.3) is 0 Å². The van der Waals surface area contributed by atoms with Gasteiger partial charge in [0.15, 0.2) is 18.6 Å². The molecular formula is C25H29O5P. The zero-order valence-corrected chi connectivity index (χ0v) is 19.0. The second-order valence-electron chi connectivity index (χ2n) is 6.84. The predicted molar refractivity (Wildman–Crippen MR) is 125 cm³/mol. The van der Waals surface area contributed by atoms with Gasteiger partial charge >= 0.3 is 0 Å². The first-order valence-corrected chi connectivity index (χ1v) is 12.3. The first-order valence-electron chi connectivity index (χ1n) is 10.5. The molecule has 0 aromatic heterocycles. The van der Waals surface area contributed by atoms with Crippen molar-refractivity contribution in [2.24, 2.45) is 0 Å². The van der Waals surface area contributed by atoms with E-state index in [2.05, 4.69) is 0 Å². The van der Waals surface area contributed by atoms with Gasteiger partial charge in [0.05, 0.1) is 19.8 Å². The molecule has 3 aromatic rings. The molecule has 164 valence electrons. The Morgan fingerprint density at radius 2 is 1.13 bits per heavy atom. The molecule has 0 bridgehead atoms. The van der Waals surface area contributed by atoms with E-state index in [9.17, 15) is 9.67 Å². The zero-order valence-electron chi connectivity index (χ0n) is 18.2. The van der Waals surface area contributed by atoms with Crippen LogP contribution in [-0.4, -0.2) is 24.9 Å². The molecule has 0 saturated carbocycles. The van der Waals surface area contributed by atoms with Gasteiger partial charge in [-0.15, -0.1) is 0 Å². The summed E-state index contributed by atoms with van der Waals surface area (Å²) in [5.41, 5.74) is 0.407. The van der Waals surface area contributed by atoms with Crippen LogP contribution in [0.4, 0.5) is 0 Å². The highest BCUT2D eigenvalue weighted by Gasteiger charge is 2.38. The quantitative estimate of drug-likeness (QED) is 0.455. The normalized spacial score (nSPS) is 12.3. The number of hydrogen-bond acceptors (Lipinski definition) is 5. The fourth-order valence-electron chi connectivity index (χ4n) is 3.50. The summed E-state index contributed by atoms with van der Waals surface area (Å²) in [6.45, 7) is 6.90. The van der Waals surface area contributed by atoms with Crippen molar-refractivity contribution >= 4 is 17.8 Å². The predicted octanol–water partition coefficient (Wildman–Crippen LogP) is 4.89. The van der Waals surface area contributed by atoms with Crippen LogP contribution in [0.1, 0.15) is 32.2 Å². The second-order valence-corrected chi connectivity index (χ2v) is 9.68. The lowest BCUT2D eigenvalue weighted by molar-refractivity contribution is 0.241. The van der Waals surface area contributed by atoms with E-state index >= 15 is 0 Å². The molecule has 0 aliphatic carbocycles. The molecule has 5 nitrogen and oxygen atoms in total. The van der Waals surface area contributed by atoms with E-state index in [1.807, 2.05) is 57.2 Å². The smallest absolute Gasteiger partial charge is 0.174 e. The van der Waals surface area contributed by atoms with Gasteiger partial charge in [0.2, 0.25) is 0 Å². The van der Waals surface area contributed by atoms with Crippen LogP contribution in [-0.2, 0) is 4.57 Å². The highest BCUT2D eigenvalue weighted by molar-refractivity contribution is 7.78. The molecule has 0 aliphatic heterocycles. The Hall–Kier alpha value is -2.75. The zero-order chi connectivity index (χ0) is 22.3. The number of benzene rings is 3. The summed E-state index contributed by atoms with van der Waals surface area (Å²) in [4.78, 5) is 0. The molecule has 3 aromatic carbocycles. The van der Waals surface area contributed by atoms with Crippen molar-refractivity contribution in [1.29, 1.82) is 0 Å². The molecule has 0 amide bonds. The molecular weight excluding hydrogens is 411 g/mol. The highest BCUT2D eigenvalue weighted by atomic mass is 31.2. The standard InChI is InChI=1S/C25H29O5P/c1-4-28-22-18-24(30-6-3)23(29-5-2)17-21(22)25(26)31(27,19-13-9-7-10-14-19)20-15-11-8-12-16-20/h7-18,25-26H,4-6H2,1-3H3. The Labute approximate surface area is 184 Å². The van der Waals surface area contributed by atoms with E-state index < -0.39 is 13.0 Å². The Kier molecular flexibility index (Phi) is 7.78. The number of rotatable bonds is 10. The Morgan fingerprint density at radius 1 is 0.710 bits per heavy atom. The highest BCUT2D eigenvalue weighted by Crippen LogP contribution is 2.58. The lowest BCUT2D eigenvalue weighted by Gasteiger charge is -2.27. The van der Waals surface area contributed by atoms with Crippen LogP contribution in [0, 0.1) is 0 Å². The van der Waals surface area contributed by atoms with Gasteiger partial charge in [-0.2, -0.15) is 0 Å². The van der Waals surface area contributed by atoms with Crippen molar-refractivity contribution in [3.8, 4) is 17.2 Å². The van der Waals surface area contributed by atoms with E-state index in [-0.39, 0.29) is 0 Å². The van der Waals surface area contributed by atoms with E-state index in [0.717, 1.165) is 0 Å². The van der Waals surface area contributed by atoms with Gasteiger partial charge in [-0.3, -0.25) is 0 Å². The van der Waals surface area contributed by atoms with E-state index in [0.29, 0.717) is 53.2 Å². The van der Waals surface area contributed by atoms with Crippen LogP contribution >= 0.6 is 7.14 Å². The summed E-state index contributed by atoms with van der Waals surface area (Å²) in [5.74, 6) is 0.107. The average Bonchev–Trinajstić information content (AvgIpc) is 2.81. The van der Waals surface area contributed by atoms with Gasteiger partial charge in [0.1, 0.15) is 11.6 Å². The van der Waals surface area contributed by atoms with E-state index in [1.54, 1.807) is 36.4 Å². The molecule has 0 radical (unpaired) electrons. The van der Waals surface area contributed by atoms with Crippen molar-refractivity contribution in [3.05, 3.63) is 78.4 Å². The minimum atomic E-state index is -3.48. The molecule has 1 N–H and O–H groups in total. The van der Waals surface area contributed by atoms with Gasteiger partial charge in [0, 0.05) is 22.2 Å². The van der Waals surface area contributed by atoms with Crippen molar-refractivity contribution in [1.82, 2.24) is 0 Å². The Bertz CT molecular complexity index is 977. The monoisotopic (exact) mass is 440 g/mol. The minimum absolute atomic E-state index is 0.389. The van der Waals surface area contributed by atoms with Crippen molar-refractivity contribution in [2.75, 3.05) is 19.8 Å². The van der Waals surface area contributed by atoms with Crippen molar-refractivity contribution in [2.45, 2.75) is 26.6 Å². The van der Waals surface area contributed by atoms with Gasteiger partial charge < -0.3 is 23.9 Å². The lowest BCUT2D eigenvalue weighted by Crippen LogP contribution is -2.22. The average molecular weight is 440 g/mol. The summed E-state index contributed by atoms with van der Waals surface area (Å²) in [6.07, 6.45) is 0. The molecule has 6 heteroatoms. The van der Waals surface area contributed by atoms with E-state index in [1.165, 1.54) is 0 Å². The topological polar surface area (TPSA) is 65.0 Å². The fraction of sp³-hybridized carbons (Fsp3) is 0.280. The molecule has 31 heavy (non-hydrogen) atoms. The maximum absolute atomic E-state index is 14.6. The summed E-state index contributed by atoms with van der Waals surface area (Å²) < 4.78 is 31.9. The minimum Gasteiger partial charge on any atom is -0.493 e. The van der Waals surface area contributed by atoms with Gasteiger partial charge in [0.25, 0.3) is 0 Å². The third-order valence-corrected chi connectivity index (χ3v) is 7.98. The van der Waals surface area contributed by atoms with Crippen LogP contribution in [0.2, 0.25) is 0 Å². The van der Waals surface area contributed by atoms with Crippen molar-refractivity contribution < 1.29 is 23.9 Å². The Balaban J connectivity index is 2.22. The summed E-state index contributed by atoms with van der Waals surface area (Å²) in [5, 5.41) is 12.8. The molecule has 0 spiro atoms. The first kappa shape index (κ1) is 22.9. The molecule has 0 fully saturated rings. The Morgan fingerprint density at radius 3 is 1.58 bits per heavy atom. The third kappa shape index (κ3) is 4.79. The van der Waals surface area contributed by atoms with Gasteiger partial charge in [-0.25, -0.2) is 0 Å². The second kappa shape index (κ2) is 10.5. The van der Waals surface area contributed by atoms with Crippen molar-refractivity contribution in [3.63, 3.8) is 0 Å². The molecule has 1 unspecified atom stereocenters. The SMILES string of the molecule is CCOc1cc(OCC)c(C(O)P(=O)(c2ccccc2)c2ccccc2)cc1OCC. The van der Waals surface area contributed by atoms with Crippen LogP contribution in [0.5, 0.6) is 17.2 Å². The maximum Gasteiger partial charge on any atom is 0.174 e. The lowest BCUT2D eigenvalue weighted by atomic mass is 10.2. The van der Waals surface area contributed by atoms with Crippen LogP contribution in [0.3, 0.4) is 0 Å². The summed E-state index contributed by atoms with van der Waals surface area (Å²) >= 11 is 0. The van der Waals surface area contributed by atoms with Crippen LogP contribution in [0.15, 0.2) is 72.8 Å². The fourth-order valence-corrected chi connectivity index (χ4v) is 6.19. The van der Waals surface area contributed by atoms with Gasteiger partial charge in [-0.1, -0.05) is 60.7 Å². The number of hydrogen-bond donors (Lipinski definition) is 1. The number of aliphatic hydroxyl groups is 1. The number of aliphatic hydroxyl groups excluding tert-OH is 1. The molecule has 0 heterocycles. The molecule has 0 saturated heterocycles. The molecule has 1 atom stereocenters. The number of ether oxygens (including phenoxy) is 3. The molecule has 0 aliphatic rings. The summed E-state index contributed by atoms with van der Waals surface area (Å²) in [7, 11) is -3.48. The van der Waals surface area contributed by atoms with Crippen LogP contribution < -0.4 is 24.8 Å². The third-order valence-electron chi connectivity index (χ3n) is 4.88.